The molecule has 1 aromatic heterocycles. The first kappa shape index (κ1) is 23.6. The van der Waals surface area contributed by atoms with E-state index in [4.69, 9.17) is 0 Å². The van der Waals surface area contributed by atoms with Crippen molar-refractivity contribution in [2.45, 2.75) is 18.4 Å². The van der Waals surface area contributed by atoms with Gasteiger partial charge in [-0.05, 0) is 42.7 Å². The average Bonchev–Trinajstić information content (AvgIpc) is 3.46. The molecule has 1 unspecified atom stereocenters. The number of carbonyl (C=O) groups excluding carboxylic acids is 2. The Hall–Kier alpha value is -2.56. The third-order valence-electron chi connectivity index (χ3n) is 5.55. The molecule has 3 aromatic rings. The van der Waals surface area contributed by atoms with Crippen LogP contribution in [0.3, 0.4) is 0 Å². The number of nitrogens with one attached hydrogen (secondary N) is 1. The molecule has 2 aromatic carbocycles. The zero-order valence-corrected chi connectivity index (χ0v) is 21.2. The van der Waals surface area contributed by atoms with Crippen molar-refractivity contribution in [1.29, 1.82) is 0 Å². The van der Waals surface area contributed by atoms with Crippen LogP contribution in [0.4, 0.5) is 4.79 Å². The van der Waals surface area contributed by atoms with Crippen molar-refractivity contribution < 1.29 is 19.5 Å². The van der Waals surface area contributed by atoms with Crippen LogP contribution < -0.4 is 5.32 Å². The Morgan fingerprint density at radius 3 is 2.33 bits per heavy atom. The van der Waals surface area contributed by atoms with Gasteiger partial charge >= 0.3 is 6.09 Å². The van der Waals surface area contributed by atoms with Crippen LogP contribution in [0.2, 0.25) is 0 Å². The van der Waals surface area contributed by atoms with Gasteiger partial charge in [-0.2, -0.15) is 0 Å². The summed E-state index contributed by atoms with van der Waals surface area (Å²) in [5.74, 6) is -0.801. The van der Waals surface area contributed by atoms with Crippen LogP contribution >= 0.6 is 43.2 Å². The third kappa shape index (κ3) is 4.73. The highest BCUT2D eigenvalue weighted by atomic mass is 79.9. The largest absolute Gasteiger partial charge is 0.465 e. The minimum Gasteiger partial charge on any atom is -0.465 e. The van der Waals surface area contributed by atoms with Gasteiger partial charge in [0.15, 0.2) is 11.3 Å². The van der Waals surface area contributed by atoms with Crippen LogP contribution in [-0.2, 0) is 10.3 Å². The summed E-state index contributed by atoms with van der Waals surface area (Å²) in [6.45, 7) is -0.0166. The summed E-state index contributed by atoms with van der Waals surface area (Å²) in [7, 11) is 0. The normalized spacial score (nSPS) is 17.7. The summed E-state index contributed by atoms with van der Waals surface area (Å²) < 4.78 is 1.78. The fourth-order valence-corrected chi connectivity index (χ4v) is 5.57. The molecule has 2 heterocycles. The number of amides is 2. The molecule has 2 amide bonds. The Morgan fingerprint density at radius 1 is 1.06 bits per heavy atom. The number of rotatable bonds is 6. The summed E-state index contributed by atoms with van der Waals surface area (Å²) in [4.78, 5) is 44.5. The first-order chi connectivity index (χ1) is 15.8. The quantitative estimate of drug-likeness (QED) is 0.378. The minimum absolute atomic E-state index is 0.219. The molecule has 1 aliphatic heterocycles. The fourth-order valence-electron chi connectivity index (χ4n) is 3.89. The standard InChI is InChI=1S/C23H19Br2N3O4S/c24-16-6-2-14(3-7-16)18(29)12-26-20(30)23(10-1-11-28(23)22(31)32)21-27-13-19(33-21)15-4-8-17(25)9-5-15/h2-9,13H,1,10-12H2,(H,26,30)(H,31,32). The monoisotopic (exact) mass is 591 g/mol. The summed E-state index contributed by atoms with van der Waals surface area (Å²) in [6.07, 6.45) is 1.28. The topological polar surface area (TPSA) is 99.6 Å². The van der Waals surface area contributed by atoms with Crippen molar-refractivity contribution in [3.63, 3.8) is 0 Å². The highest BCUT2D eigenvalue weighted by Crippen LogP contribution is 2.43. The zero-order valence-electron chi connectivity index (χ0n) is 17.3. The Kier molecular flexibility index (Phi) is 6.96. The summed E-state index contributed by atoms with van der Waals surface area (Å²) >= 11 is 8.02. The van der Waals surface area contributed by atoms with Crippen LogP contribution in [0.5, 0.6) is 0 Å². The van der Waals surface area contributed by atoms with E-state index >= 15 is 0 Å². The SMILES string of the molecule is O=C(CNC(=O)C1(c2ncc(-c3ccc(Br)cc3)s2)CCCN1C(=O)O)c1ccc(Br)cc1. The highest BCUT2D eigenvalue weighted by Gasteiger charge is 2.53. The number of carbonyl (C=O) groups is 3. The number of halogens is 2. The van der Waals surface area contributed by atoms with E-state index < -0.39 is 17.5 Å². The molecule has 0 spiro atoms. The Balaban J connectivity index is 1.62. The molecule has 2 N–H and O–H groups in total. The van der Waals surface area contributed by atoms with Gasteiger partial charge in [-0.15, -0.1) is 11.3 Å². The van der Waals surface area contributed by atoms with Gasteiger partial charge in [-0.1, -0.05) is 56.1 Å². The maximum atomic E-state index is 13.4. The molecule has 7 nitrogen and oxygen atoms in total. The molecule has 1 saturated heterocycles. The van der Waals surface area contributed by atoms with Gasteiger partial charge in [0.25, 0.3) is 5.91 Å². The number of carboxylic acid groups (broad SMARTS) is 1. The predicted molar refractivity (Wildman–Crippen MR) is 132 cm³/mol. The first-order valence-corrected chi connectivity index (χ1v) is 12.5. The van der Waals surface area contributed by atoms with E-state index in [-0.39, 0.29) is 18.9 Å². The molecule has 0 bridgehead atoms. The van der Waals surface area contributed by atoms with E-state index in [0.29, 0.717) is 23.4 Å². The first-order valence-electron chi connectivity index (χ1n) is 10.1. The number of benzene rings is 2. The van der Waals surface area contributed by atoms with Crippen molar-refractivity contribution in [1.82, 2.24) is 15.2 Å². The molecule has 1 aliphatic rings. The number of aromatic nitrogens is 1. The molecule has 10 heteroatoms. The molecule has 0 aliphatic carbocycles. The Morgan fingerprint density at radius 2 is 1.70 bits per heavy atom. The number of nitrogens with zero attached hydrogens (tertiary/aromatic N) is 2. The van der Waals surface area contributed by atoms with Crippen molar-refractivity contribution in [3.8, 4) is 10.4 Å². The van der Waals surface area contributed by atoms with Gasteiger partial charge in [-0.25, -0.2) is 9.78 Å². The minimum atomic E-state index is -1.47. The molecule has 1 fully saturated rings. The predicted octanol–water partition coefficient (Wildman–Crippen LogP) is 5.30. The maximum Gasteiger partial charge on any atom is 0.408 e. The van der Waals surface area contributed by atoms with E-state index in [1.807, 2.05) is 24.3 Å². The summed E-state index contributed by atoms with van der Waals surface area (Å²) in [5, 5.41) is 12.9. The van der Waals surface area contributed by atoms with Crippen LogP contribution in [0.25, 0.3) is 10.4 Å². The van der Waals surface area contributed by atoms with Gasteiger partial charge in [-0.3, -0.25) is 14.5 Å². The van der Waals surface area contributed by atoms with Crippen LogP contribution in [0, 0.1) is 0 Å². The van der Waals surface area contributed by atoms with E-state index in [1.165, 1.54) is 11.3 Å². The lowest BCUT2D eigenvalue weighted by atomic mass is 9.95. The Labute approximate surface area is 211 Å². The molecule has 33 heavy (non-hydrogen) atoms. The van der Waals surface area contributed by atoms with Gasteiger partial charge in [0, 0.05) is 27.3 Å². The Bertz CT molecular complexity index is 1200. The van der Waals surface area contributed by atoms with E-state index in [1.54, 1.807) is 30.5 Å². The van der Waals surface area contributed by atoms with E-state index in [0.717, 1.165) is 24.3 Å². The number of ketones is 1. The molecule has 0 radical (unpaired) electrons. The van der Waals surface area contributed by atoms with Gasteiger partial charge < -0.3 is 10.4 Å². The van der Waals surface area contributed by atoms with Crippen molar-refractivity contribution >= 4 is 61.0 Å². The second-order valence-electron chi connectivity index (χ2n) is 7.55. The lowest BCUT2D eigenvalue weighted by Gasteiger charge is -2.33. The van der Waals surface area contributed by atoms with E-state index in [2.05, 4.69) is 42.2 Å². The lowest BCUT2D eigenvalue weighted by Crippen LogP contribution is -2.55. The van der Waals surface area contributed by atoms with Gasteiger partial charge in [0.2, 0.25) is 0 Å². The molecular weight excluding hydrogens is 574 g/mol. The third-order valence-corrected chi connectivity index (χ3v) is 7.81. The number of thiazole rings is 1. The number of likely N-dealkylation sites (tertiary alicyclic amines) is 1. The highest BCUT2D eigenvalue weighted by molar-refractivity contribution is 9.10. The summed E-state index contributed by atoms with van der Waals surface area (Å²) in [6, 6.07) is 14.5. The zero-order chi connectivity index (χ0) is 23.6. The van der Waals surface area contributed by atoms with Crippen LogP contribution in [0.1, 0.15) is 28.2 Å². The van der Waals surface area contributed by atoms with Crippen molar-refractivity contribution in [2.75, 3.05) is 13.1 Å². The average molecular weight is 593 g/mol. The van der Waals surface area contributed by atoms with Gasteiger partial charge in [0.05, 0.1) is 11.4 Å². The van der Waals surface area contributed by atoms with Crippen molar-refractivity contribution in [2.24, 2.45) is 0 Å². The van der Waals surface area contributed by atoms with Crippen LogP contribution in [0.15, 0.2) is 63.7 Å². The molecular formula is C23H19Br2N3O4S. The van der Waals surface area contributed by atoms with Crippen LogP contribution in [-0.4, -0.2) is 45.9 Å². The molecule has 1 atom stereocenters. The number of Topliss-reactive ketones (excluding diaryl/α,β-unsaturated/α-hetero) is 1. The van der Waals surface area contributed by atoms with E-state index in [9.17, 15) is 19.5 Å². The van der Waals surface area contributed by atoms with Gasteiger partial charge in [0.1, 0.15) is 5.01 Å². The fraction of sp³-hybridized carbons (Fsp3) is 0.217. The second-order valence-corrected chi connectivity index (χ2v) is 10.4. The summed E-state index contributed by atoms with van der Waals surface area (Å²) in [5.41, 5.74) is -0.0898. The second kappa shape index (κ2) is 9.74. The smallest absolute Gasteiger partial charge is 0.408 e. The molecule has 4 rings (SSSR count). The number of hydrogen-bond donors (Lipinski definition) is 2. The molecule has 170 valence electrons. The van der Waals surface area contributed by atoms with Crippen molar-refractivity contribution in [3.05, 3.63) is 74.2 Å². The lowest BCUT2D eigenvalue weighted by molar-refractivity contribution is -0.131. The molecule has 0 saturated carbocycles. The maximum absolute atomic E-state index is 13.4. The number of hydrogen-bond acceptors (Lipinski definition) is 5.